The molecule has 0 bridgehead atoms. The van der Waals surface area contributed by atoms with E-state index < -0.39 is 0 Å². The zero-order valence-corrected chi connectivity index (χ0v) is 10.9. The largest absolute Gasteiger partial charge is 0.494 e. The average molecular weight is 259 g/mol. The Labute approximate surface area is 112 Å². The molecule has 0 radical (unpaired) electrons. The summed E-state index contributed by atoms with van der Waals surface area (Å²) in [5.41, 5.74) is 6.20. The van der Waals surface area contributed by atoms with E-state index in [9.17, 15) is 0 Å². The molecular formula is C14H17N3O2. The molecule has 5 nitrogen and oxygen atoms in total. The molecule has 0 atom stereocenters. The molecule has 0 amide bonds. The van der Waals surface area contributed by atoms with Gasteiger partial charge in [0.05, 0.1) is 24.7 Å². The number of nitrogens with zero attached hydrogens (tertiary/aromatic N) is 2. The molecular weight excluding hydrogens is 242 g/mol. The number of anilines is 1. The smallest absolute Gasteiger partial charge is 0.141 e. The molecule has 0 aliphatic carbocycles. The van der Waals surface area contributed by atoms with Crippen molar-refractivity contribution in [2.75, 3.05) is 12.3 Å². The van der Waals surface area contributed by atoms with Gasteiger partial charge < -0.3 is 15.2 Å². The molecule has 0 aliphatic rings. The van der Waals surface area contributed by atoms with Gasteiger partial charge in [-0.15, -0.1) is 0 Å². The molecule has 19 heavy (non-hydrogen) atoms. The van der Waals surface area contributed by atoms with Crippen LogP contribution in [0.15, 0.2) is 36.7 Å². The second kappa shape index (κ2) is 6.58. The van der Waals surface area contributed by atoms with Crippen LogP contribution in [-0.2, 0) is 6.61 Å². The minimum Gasteiger partial charge on any atom is -0.494 e. The van der Waals surface area contributed by atoms with Crippen LogP contribution in [0.2, 0.25) is 0 Å². The maximum absolute atomic E-state index is 5.59. The summed E-state index contributed by atoms with van der Waals surface area (Å²) in [5, 5.41) is 0. The topological polar surface area (TPSA) is 70.3 Å². The Kier molecular flexibility index (Phi) is 4.55. The van der Waals surface area contributed by atoms with Gasteiger partial charge in [-0.25, -0.2) is 4.98 Å². The molecule has 2 N–H and O–H groups in total. The van der Waals surface area contributed by atoms with Crippen LogP contribution in [-0.4, -0.2) is 16.6 Å². The van der Waals surface area contributed by atoms with Gasteiger partial charge in [0, 0.05) is 0 Å². The number of hydrogen-bond acceptors (Lipinski definition) is 5. The molecule has 1 aromatic carbocycles. The predicted octanol–water partition coefficient (Wildman–Crippen LogP) is 2.43. The van der Waals surface area contributed by atoms with Crippen molar-refractivity contribution < 1.29 is 9.47 Å². The molecule has 0 saturated carbocycles. The van der Waals surface area contributed by atoms with Crippen LogP contribution in [0.1, 0.15) is 19.0 Å². The van der Waals surface area contributed by atoms with Gasteiger partial charge in [-0.05, 0) is 30.7 Å². The third kappa shape index (κ3) is 4.13. The first-order valence-corrected chi connectivity index (χ1v) is 6.20. The Morgan fingerprint density at radius 2 is 1.68 bits per heavy atom. The van der Waals surface area contributed by atoms with Crippen LogP contribution in [0.4, 0.5) is 5.82 Å². The summed E-state index contributed by atoms with van der Waals surface area (Å²) < 4.78 is 11.1. The Morgan fingerprint density at radius 1 is 1.00 bits per heavy atom. The first-order valence-electron chi connectivity index (χ1n) is 6.20. The van der Waals surface area contributed by atoms with E-state index in [0.717, 1.165) is 30.2 Å². The molecule has 1 aromatic heterocycles. The lowest BCUT2D eigenvalue weighted by Gasteiger charge is -2.07. The molecule has 0 fully saturated rings. The highest BCUT2D eigenvalue weighted by Crippen LogP contribution is 2.18. The molecule has 0 spiro atoms. The minimum absolute atomic E-state index is 0.364. The number of nitrogen functional groups attached to an aromatic ring is 1. The van der Waals surface area contributed by atoms with Gasteiger partial charge >= 0.3 is 0 Å². The fourth-order valence-corrected chi connectivity index (χ4v) is 1.45. The van der Waals surface area contributed by atoms with Crippen molar-refractivity contribution in [2.24, 2.45) is 0 Å². The van der Waals surface area contributed by atoms with E-state index in [-0.39, 0.29) is 0 Å². The van der Waals surface area contributed by atoms with Crippen molar-refractivity contribution in [3.8, 4) is 11.5 Å². The third-order valence-electron chi connectivity index (χ3n) is 2.41. The van der Waals surface area contributed by atoms with Gasteiger partial charge in [0.15, 0.2) is 0 Å². The number of ether oxygens (including phenoxy) is 2. The Hall–Kier alpha value is -2.30. The lowest BCUT2D eigenvalue weighted by molar-refractivity contribution is 0.297. The van der Waals surface area contributed by atoms with E-state index in [1.807, 2.05) is 24.3 Å². The summed E-state index contributed by atoms with van der Waals surface area (Å²) in [4.78, 5) is 8.07. The Morgan fingerprint density at radius 3 is 2.26 bits per heavy atom. The lowest BCUT2D eigenvalue weighted by Crippen LogP contribution is -2.01. The van der Waals surface area contributed by atoms with Crippen molar-refractivity contribution in [3.05, 3.63) is 42.4 Å². The van der Waals surface area contributed by atoms with E-state index in [1.165, 1.54) is 6.20 Å². The SMILES string of the molecule is CCCOc1ccc(OCc2cnc(N)cn2)cc1. The van der Waals surface area contributed by atoms with Crippen molar-refractivity contribution in [1.29, 1.82) is 0 Å². The quantitative estimate of drug-likeness (QED) is 0.862. The minimum atomic E-state index is 0.364. The molecule has 0 saturated heterocycles. The summed E-state index contributed by atoms with van der Waals surface area (Å²) in [6.45, 7) is 3.16. The second-order valence-corrected chi connectivity index (χ2v) is 4.04. The van der Waals surface area contributed by atoms with Gasteiger partial charge in [0.25, 0.3) is 0 Å². The van der Waals surface area contributed by atoms with E-state index in [1.54, 1.807) is 6.20 Å². The van der Waals surface area contributed by atoms with Crippen LogP contribution in [0.3, 0.4) is 0 Å². The predicted molar refractivity (Wildman–Crippen MR) is 73.0 cm³/mol. The van der Waals surface area contributed by atoms with Gasteiger partial charge in [-0.3, -0.25) is 4.98 Å². The zero-order chi connectivity index (χ0) is 13.5. The standard InChI is InChI=1S/C14H17N3O2/c1-2-7-18-12-3-5-13(6-4-12)19-10-11-8-17-14(15)9-16-11/h3-6,8-9H,2,7,10H2,1H3,(H2,15,17). The second-order valence-electron chi connectivity index (χ2n) is 4.04. The molecule has 2 rings (SSSR count). The maximum atomic E-state index is 5.59. The van der Waals surface area contributed by atoms with Crippen molar-refractivity contribution in [3.63, 3.8) is 0 Å². The van der Waals surface area contributed by atoms with Crippen LogP contribution < -0.4 is 15.2 Å². The number of benzene rings is 1. The molecule has 2 aromatic rings. The highest BCUT2D eigenvalue weighted by Gasteiger charge is 1.99. The number of rotatable bonds is 6. The summed E-state index contributed by atoms with van der Waals surface area (Å²) in [5.74, 6) is 2.02. The van der Waals surface area contributed by atoms with Crippen molar-refractivity contribution in [1.82, 2.24) is 9.97 Å². The zero-order valence-electron chi connectivity index (χ0n) is 10.9. The molecule has 1 heterocycles. The lowest BCUT2D eigenvalue weighted by atomic mass is 10.3. The molecule has 0 unspecified atom stereocenters. The maximum Gasteiger partial charge on any atom is 0.141 e. The summed E-state index contributed by atoms with van der Waals surface area (Å²) in [6, 6.07) is 7.52. The monoisotopic (exact) mass is 259 g/mol. The fraction of sp³-hybridized carbons (Fsp3) is 0.286. The van der Waals surface area contributed by atoms with Crippen LogP contribution >= 0.6 is 0 Å². The Bertz CT molecular complexity index is 497. The molecule has 5 heteroatoms. The van der Waals surface area contributed by atoms with Gasteiger partial charge in [0.2, 0.25) is 0 Å². The molecule has 0 aliphatic heterocycles. The van der Waals surface area contributed by atoms with E-state index in [4.69, 9.17) is 15.2 Å². The summed E-state index contributed by atoms with van der Waals surface area (Å²) in [6.07, 6.45) is 4.11. The summed E-state index contributed by atoms with van der Waals surface area (Å²) >= 11 is 0. The number of aromatic nitrogens is 2. The van der Waals surface area contributed by atoms with E-state index in [0.29, 0.717) is 12.4 Å². The van der Waals surface area contributed by atoms with Gasteiger partial charge in [-0.1, -0.05) is 6.92 Å². The first kappa shape index (κ1) is 13.1. The van der Waals surface area contributed by atoms with Gasteiger partial charge in [0.1, 0.15) is 23.9 Å². The van der Waals surface area contributed by atoms with Crippen LogP contribution in [0, 0.1) is 0 Å². The van der Waals surface area contributed by atoms with Crippen LogP contribution in [0.25, 0.3) is 0 Å². The number of hydrogen-bond donors (Lipinski definition) is 1. The van der Waals surface area contributed by atoms with Crippen LogP contribution in [0.5, 0.6) is 11.5 Å². The normalized spacial score (nSPS) is 10.2. The highest BCUT2D eigenvalue weighted by atomic mass is 16.5. The number of nitrogens with two attached hydrogens (primary N) is 1. The first-order chi connectivity index (χ1) is 9.28. The highest BCUT2D eigenvalue weighted by molar-refractivity contribution is 5.31. The Balaban J connectivity index is 1.87. The van der Waals surface area contributed by atoms with E-state index in [2.05, 4.69) is 16.9 Å². The summed E-state index contributed by atoms with van der Waals surface area (Å²) in [7, 11) is 0. The van der Waals surface area contributed by atoms with Gasteiger partial charge in [-0.2, -0.15) is 0 Å². The average Bonchev–Trinajstić information content (AvgIpc) is 2.46. The van der Waals surface area contributed by atoms with Crippen molar-refractivity contribution >= 4 is 5.82 Å². The van der Waals surface area contributed by atoms with E-state index >= 15 is 0 Å². The fourth-order valence-electron chi connectivity index (χ4n) is 1.45. The third-order valence-corrected chi connectivity index (χ3v) is 2.41. The molecule has 100 valence electrons. The van der Waals surface area contributed by atoms with Crippen molar-refractivity contribution in [2.45, 2.75) is 20.0 Å².